The Morgan fingerprint density at radius 3 is 2.34 bits per heavy atom. The van der Waals surface area contributed by atoms with Crippen LogP contribution in [0.25, 0.3) is 11.3 Å². The third-order valence-corrected chi connectivity index (χ3v) is 5.53. The van der Waals surface area contributed by atoms with Crippen LogP contribution in [0, 0.1) is 10.1 Å². The van der Waals surface area contributed by atoms with Crippen LogP contribution in [0.3, 0.4) is 0 Å². The number of hydrogen-bond donors (Lipinski definition) is 0. The molecule has 1 saturated heterocycles. The Labute approximate surface area is 183 Å². The first-order valence-electron chi connectivity index (χ1n) is 10.1. The maximum atomic E-state index is 12.7. The molecule has 0 radical (unpaired) electrons. The van der Waals surface area contributed by atoms with Crippen molar-refractivity contribution >= 4 is 17.4 Å². The van der Waals surface area contributed by atoms with Crippen molar-refractivity contribution < 1.29 is 19.2 Å². The molecule has 0 atom stereocenters. The first-order chi connectivity index (χ1) is 15.6. The van der Waals surface area contributed by atoms with E-state index in [1.165, 1.54) is 24.3 Å². The molecule has 1 aromatic heterocycles. The van der Waals surface area contributed by atoms with Crippen LogP contribution in [-0.4, -0.2) is 58.9 Å². The lowest BCUT2D eigenvalue weighted by atomic mass is 10.1. The minimum atomic E-state index is -0.480. The van der Waals surface area contributed by atoms with Gasteiger partial charge >= 0.3 is 0 Å². The van der Waals surface area contributed by atoms with Crippen molar-refractivity contribution in [1.82, 2.24) is 15.1 Å². The monoisotopic (exact) mass is 433 g/mol. The van der Waals surface area contributed by atoms with E-state index in [-0.39, 0.29) is 18.4 Å². The van der Waals surface area contributed by atoms with E-state index in [0.29, 0.717) is 37.5 Å². The fraction of sp³-hybridized carbons (Fsp3) is 0.227. The van der Waals surface area contributed by atoms with Crippen LogP contribution in [0.4, 0.5) is 11.5 Å². The van der Waals surface area contributed by atoms with Crippen LogP contribution < -0.4 is 14.4 Å². The van der Waals surface area contributed by atoms with E-state index in [0.717, 1.165) is 22.8 Å². The Morgan fingerprint density at radius 2 is 1.66 bits per heavy atom. The van der Waals surface area contributed by atoms with Crippen molar-refractivity contribution in [3.63, 3.8) is 0 Å². The molecule has 3 heterocycles. The second-order valence-corrected chi connectivity index (χ2v) is 7.43. The van der Waals surface area contributed by atoms with E-state index in [1.807, 2.05) is 30.3 Å². The smallest absolute Gasteiger partial charge is 0.269 e. The number of nitrogens with zero attached hydrogens (tertiary/aromatic N) is 5. The van der Waals surface area contributed by atoms with E-state index in [1.54, 1.807) is 4.90 Å². The highest BCUT2D eigenvalue weighted by molar-refractivity contribution is 5.94. The Balaban J connectivity index is 1.21. The summed E-state index contributed by atoms with van der Waals surface area (Å²) in [5.41, 5.74) is 2.04. The van der Waals surface area contributed by atoms with Crippen LogP contribution in [0.2, 0.25) is 0 Å². The van der Waals surface area contributed by atoms with Gasteiger partial charge in [0.05, 0.1) is 10.6 Å². The molecule has 1 fully saturated rings. The van der Waals surface area contributed by atoms with Crippen LogP contribution in [0.1, 0.15) is 10.4 Å². The van der Waals surface area contributed by atoms with Crippen molar-refractivity contribution in [3.8, 4) is 22.8 Å². The van der Waals surface area contributed by atoms with E-state index in [2.05, 4.69) is 15.1 Å². The van der Waals surface area contributed by atoms with Gasteiger partial charge in [-0.3, -0.25) is 14.9 Å². The molecule has 2 aromatic carbocycles. The maximum absolute atomic E-state index is 12.7. The average molecular weight is 433 g/mol. The van der Waals surface area contributed by atoms with Gasteiger partial charge in [0.25, 0.3) is 11.6 Å². The zero-order chi connectivity index (χ0) is 22.1. The third kappa shape index (κ3) is 3.78. The highest BCUT2D eigenvalue weighted by Gasteiger charge is 2.24. The molecule has 5 rings (SSSR count). The van der Waals surface area contributed by atoms with Gasteiger partial charge in [-0.1, -0.05) is 0 Å². The number of rotatable bonds is 4. The summed E-state index contributed by atoms with van der Waals surface area (Å²) in [7, 11) is 0. The molecule has 0 unspecified atom stereocenters. The Morgan fingerprint density at radius 1 is 0.906 bits per heavy atom. The Kier molecular flexibility index (Phi) is 5.02. The van der Waals surface area contributed by atoms with E-state index < -0.39 is 4.92 Å². The summed E-state index contributed by atoms with van der Waals surface area (Å²) in [5.74, 6) is 2.03. The first kappa shape index (κ1) is 19.7. The van der Waals surface area contributed by atoms with Gasteiger partial charge < -0.3 is 19.3 Å². The van der Waals surface area contributed by atoms with Gasteiger partial charge in [0.2, 0.25) is 6.79 Å². The predicted molar refractivity (Wildman–Crippen MR) is 115 cm³/mol. The molecule has 3 aromatic rings. The molecular formula is C22H19N5O5. The zero-order valence-corrected chi connectivity index (χ0v) is 17.0. The number of benzene rings is 2. The van der Waals surface area contributed by atoms with Gasteiger partial charge in [-0.25, -0.2) is 0 Å². The average Bonchev–Trinajstić information content (AvgIpc) is 3.32. The third-order valence-electron chi connectivity index (χ3n) is 5.53. The number of aromatic nitrogens is 2. The lowest BCUT2D eigenvalue weighted by Gasteiger charge is -2.35. The molecule has 0 N–H and O–H groups in total. The van der Waals surface area contributed by atoms with Crippen molar-refractivity contribution in [1.29, 1.82) is 0 Å². The van der Waals surface area contributed by atoms with Crippen LogP contribution in [-0.2, 0) is 0 Å². The number of carbonyl (C=O) groups is 1. The molecule has 10 nitrogen and oxygen atoms in total. The molecule has 2 aliphatic heterocycles. The molecule has 162 valence electrons. The molecule has 0 bridgehead atoms. The molecule has 0 saturated carbocycles. The first-order valence-corrected chi connectivity index (χ1v) is 10.1. The minimum Gasteiger partial charge on any atom is -0.454 e. The van der Waals surface area contributed by atoms with Gasteiger partial charge in [0, 0.05) is 49.4 Å². The summed E-state index contributed by atoms with van der Waals surface area (Å²) in [6, 6.07) is 15.2. The van der Waals surface area contributed by atoms with Crippen molar-refractivity contribution in [2.75, 3.05) is 37.9 Å². The summed E-state index contributed by atoms with van der Waals surface area (Å²) >= 11 is 0. The summed E-state index contributed by atoms with van der Waals surface area (Å²) in [5, 5.41) is 19.5. The second kappa shape index (κ2) is 8.14. The normalized spacial score (nSPS) is 15.0. The molecule has 1 amide bonds. The summed E-state index contributed by atoms with van der Waals surface area (Å²) in [6.07, 6.45) is 0. The van der Waals surface area contributed by atoms with Gasteiger partial charge in [-0.15, -0.1) is 10.2 Å². The zero-order valence-electron chi connectivity index (χ0n) is 17.0. The number of ether oxygens (including phenoxy) is 2. The highest BCUT2D eigenvalue weighted by Crippen LogP contribution is 2.35. The molecule has 2 aliphatic rings. The largest absolute Gasteiger partial charge is 0.454 e. The summed E-state index contributed by atoms with van der Waals surface area (Å²) in [4.78, 5) is 26.8. The summed E-state index contributed by atoms with van der Waals surface area (Å²) < 4.78 is 10.8. The van der Waals surface area contributed by atoms with E-state index >= 15 is 0 Å². The number of fused-ring (bicyclic) bond motifs is 1. The molecule has 0 spiro atoms. The lowest BCUT2D eigenvalue weighted by molar-refractivity contribution is -0.384. The van der Waals surface area contributed by atoms with E-state index in [4.69, 9.17) is 9.47 Å². The Bertz CT molecular complexity index is 1160. The molecule has 10 heteroatoms. The summed E-state index contributed by atoms with van der Waals surface area (Å²) in [6.45, 7) is 2.53. The van der Waals surface area contributed by atoms with E-state index in [9.17, 15) is 14.9 Å². The number of non-ortho nitro benzene ring substituents is 1. The second-order valence-electron chi connectivity index (χ2n) is 7.43. The fourth-order valence-corrected chi connectivity index (χ4v) is 3.75. The SMILES string of the molecule is O=C(c1ccc([N+](=O)[O-])cc1)N1CCN(c2ccc(-c3ccc4c(c3)OCO4)nn2)CC1. The number of carbonyl (C=O) groups excluding carboxylic acids is 1. The highest BCUT2D eigenvalue weighted by atomic mass is 16.7. The van der Waals surface area contributed by atoms with Gasteiger partial charge in [-0.2, -0.15) is 0 Å². The number of piperazine rings is 1. The minimum absolute atomic E-state index is 0.0332. The maximum Gasteiger partial charge on any atom is 0.269 e. The Hall–Kier alpha value is -4.21. The number of nitro groups is 1. The van der Waals surface area contributed by atoms with Crippen molar-refractivity contribution in [2.45, 2.75) is 0 Å². The molecule has 32 heavy (non-hydrogen) atoms. The predicted octanol–water partition coefficient (Wildman–Crippen LogP) is 2.74. The van der Waals surface area contributed by atoms with Gasteiger partial charge in [-0.05, 0) is 42.5 Å². The topological polar surface area (TPSA) is 111 Å². The molecule has 0 aliphatic carbocycles. The van der Waals surface area contributed by atoms with Crippen molar-refractivity contribution in [3.05, 3.63) is 70.3 Å². The van der Waals surface area contributed by atoms with Crippen LogP contribution in [0.15, 0.2) is 54.6 Å². The van der Waals surface area contributed by atoms with Gasteiger partial charge in [0.15, 0.2) is 17.3 Å². The number of nitro benzene ring substituents is 1. The van der Waals surface area contributed by atoms with Crippen molar-refractivity contribution in [2.24, 2.45) is 0 Å². The number of anilines is 1. The lowest BCUT2D eigenvalue weighted by Crippen LogP contribution is -2.49. The standard InChI is InChI=1S/C22H19N5O5/c28-22(15-1-4-17(5-2-15)27(29)30)26-11-9-25(10-12-26)21-8-6-18(23-24-21)16-3-7-19-20(13-16)32-14-31-19/h1-8,13H,9-12,14H2. The fourth-order valence-electron chi connectivity index (χ4n) is 3.75. The van der Waals surface area contributed by atoms with Crippen LogP contribution >= 0.6 is 0 Å². The van der Waals surface area contributed by atoms with Gasteiger partial charge in [0.1, 0.15) is 0 Å². The quantitative estimate of drug-likeness (QED) is 0.456. The van der Waals surface area contributed by atoms with Crippen LogP contribution in [0.5, 0.6) is 11.5 Å². The molecular weight excluding hydrogens is 414 g/mol. The number of hydrogen-bond acceptors (Lipinski definition) is 8. The number of amides is 1.